The van der Waals surface area contributed by atoms with Gasteiger partial charge >= 0.3 is 0 Å². The first-order chi connectivity index (χ1) is 66.3. The number of carbonyl (C=O) groups is 18. The topological polar surface area (TPSA) is 655 Å². The van der Waals surface area contributed by atoms with Crippen LogP contribution in [0.25, 0.3) is 21.8 Å². The van der Waals surface area contributed by atoms with Crippen LogP contribution in [0.2, 0.25) is 0 Å². The third kappa shape index (κ3) is 32.1. The first-order valence-corrected chi connectivity index (χ1v) is 49.6. The lowest BCUT2D eigenvalue weighted by Gasteiger charge is -2.31. The summed E-state index contributed by atoms with van der Waals surface area (Å²) in [6.45, 7) is -0.955. The summed E-state index contributed by atoms with van der Waals surface area (Å²) in [5.74, 6) is -13.4. The molecule has 0 bridgehead atoms. The van der Waals surface area contributed by atoms with Crippen LogP contribution in [0.4, 0.5) is 0 Å². The van der Waals surface area contributed by atoms with Crippen molar-refractivity contribution in [2.24, 2.45) is 34.8 Å². The van der Waals surface area contributed by atoms with Gasteiger partial charge in [0, 0.05) is 97.3 Å². The van der Waals surface area contributed by atoms with Crippen LogP contribution in [0.1, 0.15) is 112 Å². The van der Waals surface area contributed by atoms with Gasteiger partial charge in [0.15, 0.2) is 0 Å². The number of aromatic amines is 3. The Morgan fingerprint density at radius 2 is 1.01 bits per heavy atom. The van der Waals surface area contributed by atoms with Crippen LogP contribution in [0, 0.1) is 11.8 Å². The molecular weight excluding hydrogens is 1840 g/mol. The number of nitrogens with zero attached hydrogens (tertiary/aromatic N) is 3. The lowest BCUT2D eigenvalue weighted by Crippen LogP contribution is -2.60. The number of nitrogens with two attached hydrogens (primary N) is 4. The molecule has 3 aliphatic rings. The van der Waals surface area contributed by atoms with Gasteiger partial charge in [-0.1, -0.05) is 78.9 Å². The Morgan fingerprint density at radius 1 is 0.507 bits per heavy atom. The van der Waals surface area contributed by atoms with Gasteiger partial charge in [-0.15, -0.1) is 11.8 Å². The van der Waals surface area contributed by atoms with Gasteiger partial charge < -0.3 is 117 Å². The molecule has 2 saturated heterocycles. The van der Waals surface area contributed by atoms with Gasteiger partial charge in [0.1, 0.15) is 66.2 Å². The predicted molar refractivity (Wildman–Crippen MR) is 516 cm³/mol. The minimum atomic E-state index is -1.49. The number of para-hydroxylation sites is 2. The van der Waals surface area contributed by atoms with Gasteiger partial charge in [-0.2, -0.15) is 23.5 Å². The van der Waals surface area contributed by atoms with Crippen LogP contribution in [0.5, 0.6) is 5.75 Å². The molecule has 3 fully saturated rings. The summed E-state index contributed by atoms with van der Waals surface area (Å²) >= 11 is 3.64. The molecule has 138 heavy (non-hydrogen) atoms. The van der Waals surface area contributed by atoms with E-state index in [0.29, 0.717) is 72.2 Å². The Kier molecular flexibility index (Phi) is 41.2. The first-order valence-electron chi connectivity index (χ1n) is 45.7. The summed E-state index contributed by atoms with van der Waals surface area (Å²) < 4.78 is 0. The Morgan fingerprint density at radius 3 is 1.58 bits per heavy atom. The molecule has 4 aromatic carbocycles. The molecule has 1 aliphatic carbocycles. The van der Waals surface area contributed by atoms with Crippen LogP contribution in [0.15, 0.2) is 128 Å². The van der Waals surface area contributed by atoms with Crippen molar-refractivity contribution < 1.29 is 91.4 Å². The molecule has 25 N–H and O–H groups in total. The van der Waals surface area contributed by atoms with Crippen LogP contribution in [0.3, 0.4) is 0 Å². The number of rotatable bonds is 54. The summed E-state index contributed by atoms with van der Waals surface area (Å²) in [5, 5.41) is 44.8. The molecular formula is C93H123N23O19S3. The van der Waals surface area contributed by atoms with Gasteiger partial charge in [0.2, 0.25) is 106 Å². The summed E-state index contributed by atoms with van der Waals surface area (Å²) in [4.78, 5) is 265. The second-order valence-corrected chi connectivity index (χ2v) is 37.5. The van der Waals surface area contributed by atoms with Crippen molar-refractivity contribution in [3.05, 3.63) is 156 Å². The molecule has 1 unspecified atom stereocenters. The van der Waals surface area contributed by atoms with Crippen molar-refractivity contribution in [1.29, 1.82) is 0 Å². The van der Waals surface area contributed by atoms with E-state index in [-0.39, 0.29) is 125 Å². The van der Waals surface area contributed by atoms with Gasteiger partial charge in [-0.25, -0.2) is 4.98 Å². The highest BCUT2D eigenvalue weighted by molar-refractivity contribution is 8.00. The highest BCUT2D eigenvalue weighted by Crippen LogP contribution is 2.33. The number of imidazole rings is 1. The van der Waals surface area contributed by atoms with Gasteiger partial charge in [-0.05, 0) is 167 Å². The zero-order chi connectivity index (χ0) is 99.5. The van der Waals surface area contributed by atoms with E-state index >= 15 is 9.59 Å². The number of H-pyrrole nitrogens is 3. The van der Waals surface area contributed by atoms with Crippen molar-refractivity contribution in [1.82, 2.24) is 98.9 Å². The molecule has 3 aromatic heterocycles. The van der Waals surface area contributed by atoms with Crippen molar-refractivity contribution in [3.8, 4) is 5.75 Å². The molecule has 0 spiro atoms. The van der Waals surface area contributed by atoms with E-state index in [4.69, 9.17) is 22.9 Å². The maximum atomic E-state index is 15.3. The van der Waals surface area contributed by atoms with E-state index in [0.717, 1.165) is 33.6 Å². The fourth-order valence-electron chi connectivity index (χ4n) is 16.4. The predicted octanol–water partition coefficient (Wildman–Crippen LogP) is -1.97. The number of primary amides is 2. The zero-order valence-corrected chi connectivity index (χ0v) is 79.4. The normalized spacial score (nSPS) is 17.4. The number of phenolic OH excluding ortho intramolecular Hbond substituents is 1. The molecule has 742 valence electrons. The number of unbranched alkanes of at least 4 members (excludes halogenated alkanes) is 1. The van der Waals surface area contributed by atoms with Crippen molar-refractivity contribution in [2.45, 2.75) is 188 Å². The lowest BCUT2D eigenvalue weighted by molar-refractivity contribution is -0.142. The highest BCUT2D eigenvalue weighted by Gasteiger charge is 2.44. The molecule has 10 rings (SSSR count). The number of benzene rings is 4. The average molecular weight is 1960 g/mol. The monoisotopic (exact) mass is 1960 g/mol. The van der Waals surface area contributed by atoms with Crippen molar-refractivity contribution in [3.63, 3.8) is 0 Å². The molecule has 0 radical (unpaired) electrons. The van der Waals surface area contributed by atoms with Gasteiger partial charge in [0.05, 0.1) is 49.5 Å². The number of aromatic hydroxyl groups is 1. The third-order valence-electron chi connectivity index (χ3n) is 24.1. The number of aromatic nitrogens is 4. The molecule has 42 nitrogen and oxygen atoms in total. The summed E-state index contributed by atoms with van der Waals surface area (Å²) in [6.07, 6.45) is 12.9. The fourth-order valence-corrected chi connectivity index (χ4v) is 18.6. The number of hydrogen-bond donors (Lipinski definition) is 21. The number of fused-ring (bicyclic) bond motifs is 2. The SMILES string of the molecule is CSCC[C@@H](NC(=O)[C@@H](C)NC(=O)[C@@H](Cc1c[nH]c2ccccc12)NC(=O)[C@H]1CCCN1C(=O)[C@@H](Cc1c[nH]cn1)NC(=O)[C@@H](Cc1c[nH]c2ccccc12)NC(=O)[C@H](N)Cc1ccccc1)C(=O)N[C@H](CCSC)C(=O)N[C@H](Cc1ccc(O)cc1)C(=O)N[C@H](CCCCN)C(=O)NCC(=O)NCC(=O)NCC(=O)NCC(=O)N[C@H](CSC1CC(=O)N(CC2CCC(C(N)=O)CC2)C1=O)C(N)=O. The number of nitrogens with one attached hydrogen (secondary N) is 16. The minimum Gasteiger partial charge on any atom is -0.508 e. The van der Waals surface area contributed by atoms with Gasteiger partial charge in [0.25, 0.3) is 0 Å². The summed E-state index contributed by atoms with van der Waals surface area (Å²) in [6, 6.07) is 14.9. The van der Waals surface area contributed by atoms with Crippen LogP contribution < -0.4 is 92.1 Å². The second-order valence-electron chi connectivity index (χ2n) is 34.3. The van der Waals surface area contributed by atoms with Gasteiger partial charge in [-0.3, -0.25) is 91.2 Å². The standard InChI is InChI=1S/C93H123N23O19S3/c1-52(106-88(130)70(38-57-42-99-64-18-9-7-16-61(57)64)113-91(133)74-21-13-33-115(74)92(134)72(40-59-44-98-51-105-59)114-90(132)71(39-58-43-100-65-19-10-8-17-62(58)65)111-84(126)63(95)36-53-14-5-4-6-15-53)83(125)108-67(30-34-136-2)86(128)110-68(31-35-137-3)87(129)112-69(37-54-24-28-60(117)29-25-54)89(131)109-66(20-11-12-32-94)85(127)104-47-78(120)102-45-76(118)101-46-77(119)103-48-79(121)107-73(82(97)124)50-138-75-41-80(122)116(93(75)135)49-55-22-26-56(27-23-55)81(96)123/h4-10,14-19,24-25,28-29,42-44,51-52,55-56,63,66-75,99-100,117H,11-13,20-23,26-27,30-41,45-50,94-95H2,1-3H3,(H2,96,123)(H2,97,124)(H,98,105)(H,101,118)(H,102,120)(H,103,119)(H,104,127)(H,106,130)(H,107,121)(H,108,125)(H,109,131)(H,110,128)(H,111,126)(H,112,129)(H,113,133)(H,114,132)/t52-,55?,56?,63-,66-,67-,68-,69-,70-,71-,72-,73-,74-,75?/m1/s1. The number of imide groups is 1. The average Bonchev–Trinajstić information content (AvgIpc) is 1.60. The third-order valence-corrected chi connectivity index (χ3v) is 26.7. The Hall–Kier alpha value is -13.4. The number of thioether (sulfide) groups is 3. The van der Waals surface area contributed by atoms with E-state index in [1.165, 1.54) is 70.8 Å². The lowest BCUT2D eigenvalue weighted by atomic mass is 9.81. The Labute approximate surface area is 809 Å². The Balaban J connectivity index is 0.736. The van der Waals surface area contributed by atoms with E-state index < -0.39 is 198 Å². The minimum absolute atomic E-state index is 0.00205. The summed E-state index contributed by atoms with van der Waals surface area (Å²) in [5.41, 5.74) is 27.7. The molecule has 7 aromatic rings. The number of phenols is 1. The maximum Gasteiger partial charge on any atom is 0.246 e. The van der Waals surface area contributed by atoms with E-state index in [1.54, 1.807) is 37.2 Å². The fraction of sp³-hybridized carbons (Fsp3) is 0.473. The smallest absolute Gasteiger partial charge is 0.246 e. The molecule has 5 heterocycles. The van der Waals surface area contributed by atoms with Crippen LogP contribution in [-0.4, -0.2) is 288 Å². The molecule has 45 heteroatoms. The number of likely N-dealkylation sites (tertiary alicyclic amines) is 2. The molecule has 1 saturated carbocycles. The molecule has 18 amide bonds. The molecule has 12 atom stereocenters. The Bertz CT molecular complexity index is 5430. The quantitative estimate of drug-likeness (QED) is 0.0145. The zero-order valence-electron chi connectivity index (χ0n) is 77.0. The van der Waals surface area contributed by atoms with Crippen LogP contribution >= 0.6 is 35.3 Å². The number of hydrogen-bond acceptors (Lipinski definition) is 25. The molecule has 2 aliphatic heterocycles. The van der Waals surface area contributed by atoms with Crippen LogP contribution in [-0.2, 0) is 118 Å². The van der Waals surface area contributed by atoms with E-state index in [1.807, 2.05) is 72.8 Å². The van der Waals surface area contributed by atoms with Crippen molar-refractivity contribution >= 4 is 163 Å². The van der Waals surface area contributed by atoms with E-state index in [9.17, 15) is 81.8 Å². The second kappa shape index (κ2) is 53.4. The first kappa shape index (κ1) is 107. The largest absolute Gasteiger partial charge is 0.508 e. The summed E-state index contributed by atoms with van der Waals surface area (Å²) in [7, 11) is 0. The number of carbonyl (C=O) groups excluding carboxylic acids is 18. The number of amides is 18. The van der Waals surface area contributed by atoms with Crippen molar-refractivity contribution in [2.75, 3.05) is 75.6 Å². The van der Waals surface area contributed by atoms with E-state index in [2.05, 4.69) is 89.1 Å². The highest BCUT2D eigenvalue weighted by atomic mass is 32.2. The maximum absolute atomic E-state index is 15.3.